The molecule has 0 heterocycles. The predicted molar refractivity (Wildman–Crippen MR) is 102 cm³/mol. The van der Waals surface area contributed by atoms with E-state index in [4.69, 9.17) is 0 Å². The van der Waals surface area contributed by atoms with Gasteiger partial charge in [0.2, 0.25) is 5.91 Å². The molecule has 0 spiro atoms. The molecule has 0 saturated heterocycles. The maximum atomic E-state index is 12.1. The third kappa shape index (κ3) is 5.67. The van der Waals surface area contributed by atoms with Crippen LogP contribution in [0.25, 0.3) is 0 Å². The van der Waals surface area contributed by atoms with Gasteiger partial charge in [-0.3, -0.25) is 19.8 Å². The molecule has 138 valence electrons. The van der Waals surface area contributed by atoms with Gasteiger partial charge in [0.05, 0.1) is 11.3 Å². The second-order valence-electron chi connectivity index (χ2n) is 6.12. The Labute approximate surface area is 154 Å². The van der Waals surface area contributed by atoms with Crippen molar-refractivity contribution in [1.29, 1.82) is 0 Å². The highest BCUT2D eigenvalue weighted by Crippen LogP contribution is 2.18. The molecule has 2 rings (SSSR count). The van der Waals surface area contributed by atoms with Gasteiger partial charge in [-0.2, -0.15) is 0 Å². The Kier molecular flexibility index (Phi) is 7.29. The highest BCUT2D eigenvalue weighted by molar-refractivity contribution is 5.79. The van der Waals surface area contributed by atoms with Crippen LogP contribution in [0.4, 0.5) is 5.69 Å². The van der Waals surface area contributed by atoms with Crippen molar-refractivity contribution < 1.29 is 9.72 Å². The zero-order valence-corrected chi connectivity index (χ0v) is 15.3. The number of carbonyl (C=O) groups is 1. The van der Waals surface area contributed by atoms with Crippen molar-refractivity contribution >= 4 is 11.6 Å². The SMILES string of the molecule is CCN(CC)Cc1ccc(CNC(=O)Cc2ccccc2[N+](=O)[O-])cc1. The number of amides is 1. The molecule has 6 nitrogen and oxygen atoms in total. The fourth-order valence-electron chi connectivity index (χ4n) is 2.74. The van der Waals surface area contributed by atoms with Crippen LogP contribution in [0, 0.1) is 10.1 Å². The van der Waals surface area contributed by atoms with Gasteiger partial charge >= 0.3 is 0 Å². The van der Waals surface area contributed by atoms with Gasteiger partial charge in [-0.05, 0) is 24.2 Å². The minimum atomic E-state index is -0.461. The molecule has 2 aromatic carbocycles. The monoisotopic (exact) mass is 355 g/mol. The summed E-state index contributed by atoms with van der Waals surface area (Å²) in [4.78, 5) is 25.0. The van der Waals surface area contributed by atoms with E-state index >= 15 is 0 Å². The minimum absolute atomic E-state index is 0.00278. The second kappa shape index (κ2) is 9.68. The Morgan fingerprint density at radius 3 is 2.27 bits per heavy atom. The molecule has 26 heavy (non-hydrogen) atoms. The number of carbonyl (C=O) groups excluding carboxylic acids is 1. The lowest BCUT2D eigenvalue weighted by Gasteiger charge is -2.18. The van der Waals surface area contributed by atoms with Crippen molar-refractivity contribution in [1.82, 2.24) is 10.2 Å². The van der Waals surface area contributed by atoms with E-state index in [-0.39, 0.29) is 18.0 Å². The van der Waals surface area contributed by atoms with Gasteiger partial charge in [0.1, 0.15) is 0 Å². The second-order valence-corrected chi connectivity index (χ2v) is 6.12. The summed E-state index contributed by atoms with van der Waals surface area (Å²) in [6, 6.07) is 14.5. The molecular weight excluding hydrogens is 330 g/mol. The first kappa shape index (κ1) is 19.6. The van der Waals surface area contributed by atoms with Crippen molar-refractivity contribution in [2.75, 3.05) is 13.1 Å². The largest absolute Gasteiger partial charge is 0.352 e. The summed E-state index contributed by atoms with van der Waals surface area (Å²) < 4.78 is 0. The molecule has 0 aliphatic rings. The summed E-state index contributed by atoms with van der Waals surface area (Å²) >= 11 is 0. The third-order valence-corrected chi connectivity index (χ3v) is 4.35. The number of hydrogen-bond acceptors (Lipinski definition) is 4. The quantitative estimate of drug-likeness (QED) is 0.553. The molecule has 0 aromatic heterocycles. The normalized spacial score (nSPS) is 10.7. The topological polar surface area (TPSA) is 75.5 Å². The number of nitrogens with zero attached hydrogens (tertiary/aromatic N) is 2. The van der Waals surface area contributed by atoms with Gasteiger partial charge in [0.25, 0.3) is 5.69 Å². The van der Waals surface area contributed by atoms with Gasteiger partial charge in [-0.15, -0.1) is 0 Å². The summed E-state index contributed by atoms with van der Waals surface area (Å²) in [5.74, 6) is -0.230. The molecule has 0 unspecified atom stereocenters. The van der Waals surface area contributed by atoms with Gasteiger partial charge in [-0.25, -0.2) is 0 Å². The van der Waals surface area contributed by atoms with Crippen LogP contribution in [-0.2, 0) is 24.3 Å². The van der Waals surface area contributed by atoms with Gasteiger partial charge in [0, 0.05) is 24.7 Å². The lowest BCUT2D eigenvalue weighted by Crippen LogP contribution is -2.25. The number of hydrogen-bond donors (Lipinski definition) is 1. The Morgan fingerprint density at radius 1 is 1.04 bits per heavy atom. The number of rotatable bonds is 9. The maximum absolute atomic E-state index is 12.1. The summed E-state index contributed by atoms with van der Waals surface area (Å²) in [5.41, 5.74) is 2.64. The van der Waals surface area contributed by atoms with Gasteiger partial charge in [-0.1, -0.05) is 56.3 Å². The average Bonchev–Trinajstić information content (AvgIpc) is 2.65. The van der Waals surface area contributed by atoms with E-state index in [0.29, 0.717) is 12.1 Å². The summed E-state index contributed by atoms with van der Waals surface area (Å²) in [6.45, 7) is 7.64. The zero-order chi connectivity index (χ0) is 18.9. The highest BCUT2D eigenvalue weighted by atomic mass is 16.6. The van der Waals surface area contributed by atoms with Crippen LogP contribution in [-0.4, -0.2) is 28.8 Å². The number of benzene rings is 2. The molecular formula is C20H25N3O3. The van der Waals surface area contributed by atoms with Crippen LogP contribution in [0.1, 0.15) is 30.5 Å². The summed E-state index contributed by atoms with van der Waals surface area (Å²) in [5, 5.41) is 13.8. The molecule has 2 aromatic rings. The van der Waals surface area contributed by atoms with E-state index in [9.17, 15) is 14.9 Å². The number of para-hydroxylation sites is 1. The predicted octanol–water partition coefficient (Wildman–Crippen LogP) is 3.30. The smallest absolute Gasteiger partial charge is 0.273 e. The third-order valence-electron chi connectivity index (χ3n) is 4.35. The van der Waals surface area contributed by atoms with Crippen molar-refractivity contribution in [2.45, 2.75) is 33.4 Å². The fourth-order valence-corrected chi connectivity index (χ4v) is 2.74. The Balaban J connectivity index is 1.89. The van der Waals surface area contributed by atoms with Crippen molar-refractivity contribution in [2.24, 2.45) is 0 Å². The number of nitro groups is 1. The molecule has 0 atom stereocenters. The summed E-state index contributed by atoms with van der Waals surface area (Å²) in [7, 11) is 0. The van der Waals surface area contributed by atoms with E-state index in [2.05, 4.69) is 36.2 Å². The zero-order valence-electron chi connectivity index (χ0n) is 15.3. The highest BCUT2D eigenvalue weighted by Gasteiger charge is 2.15. The molecule has 0 radical (unpaired) electrons. The first-order valence-electron chi connectivity index (χ1n) is 8.82. The van der Waals surface area contributed by atoms with E-state index in [1.54, 1.807) is 18.2 Å². The fraction of sp³-hybridized carbons (Fsp3) is 0.350. The number of nitrogens with one attached hydrogen (secondary N) is 1. The van der Waals surface area contributed by atoms with Crippen LogP contribution in [0.2, 0.25) is 0 Å². The van der Waals surface area contributed by atoms with Gasteiger partial charge < -0.3 is 5.32 Å². The summed E-state index contributed by atoms with van der Waals surface area (Å²) in [6.07, 6.45) is -0.00278. The maximum Gasteiger partial charge on any atom is 0.273 e. The van der Waals surface area contributed by atoms with Crippen LogP contribution in [0.3, 0.4) is 0 Å². The standard InChI is InChI=1S/C20H25N3O3/c1-3-22(4-2)15-17-11-9-16(10-12-17)14-21-20(24)13-18-7-5-6-8-19(18)23(25)26/h5-12H,3-4,13-15H2,1-2H3,(H,21,24). The molecule has 1 amide bonds. The van der Waals surface area contributed by atoms with Crippen LogP contribution in [0.15, 0.2) is 48.5 Å². The molecule has 0 aliphatic carbocycles. The van der Waals surface area contributed by atoms with E-state index < -0.39 is 4.92 Å². The van der Waals surface area contributed by atoms with E-state index in [1.165, 1.54) is 11.6 Å². The van der Waals surface area contributed by atoms with E-state index in [1.807, 2.05) is 12.1 Å². The Bertz CT molecular complexity index is 740. The van der Waals surface area contributed by atoms with Crippen LogP contribution in [0.5, 0.6) is 0 Å². The van der Waals surface area contributed by atoms with E-state index in [0.717, 1.165) is 25.2 Å². The molecule has 0 bridgehead atoms. The van der Waals surface area contributed by atoms with Gasteiger partial charge in [0.15, 0.2) is 0 Å². The molecule has 1 N–H and O–H groups in total. The molecule has 0 saturated carbocycles. The van der Waals surface area contributed by atoms with Crippen molar-refractivity contribution in [3.8, 4) is 0 Å². The average molecular weight is 355 g/mol. The lowest BCUT2D eigenvalue weighted by molar-refractivity contribution is -0.385. The molecule has 0 fully saturated rings. The Morgan fingerprint density at radius 2 is 1.65 bits per heavy atom. The van der Waals surface area contributed by atoms with Crippen molar-refractivity contribution in [3.05, 3.63) is 75.3 Å². The minimum Gasteiger partial charge on any atom is -0.352 e. The molecule has 0 aliphatic heterocycles. The van der Waals surface area contributed by atoms with Crippen LogP contribution < -0.4 is 5.32 Å². The first-order valence-corrected chi connectivity index (χ1v) is 8.82. The molecule has 6 heteroatoms. The first-order chi connectivity index (χ1) is 12.5. The Hall–Kier alpha value is -2.73. The van der Waals surface area contributed by atoms with Crippen LogP contribution >= 0.6 is 0 Å². The lowest BCUT2D eigenvalue weighted by atomic mass is 10.1. The number of nitro benzene ring substituents is 1. The van der Waals surface area contributed by atoms with Crippen molar-refractivity contribution in [3.63, 3.8) is 0 Å².